The van der Waals surface area contributed by atoms with Crippen molar-refractivity contribution in [1.82, 2.24) is 0 Å². The third kappa shape index (κ3) is 4.20. The van der Waals surface area contributed by atoms with Gasteiger partial charge in [-0.3, -0.25) is 4.79 Å². The minimum Gasteiger partial charge on any atom is -0.488 e. The number of nitrogens with one attached hydrogen (secondary N) is 1. The van der Waals surface area contributed by atoms with E-state index in [0.717, 1.165) is 23.8 Å². The fourth-order valence-electron chi connectivity index (χ4n) is 2.30. The van der Waals surface area contributed by atoms with Crippen molar-refractivity contribution in [1.29, 1.82) is 0 Å². The molecule has 0 saturated carbocycles. The highest BCUT2D eigenvalue weighted by molar-refractivity contribution is 6.06. The number of carbonyl (C=O) groups excluding carboxylic acids is 1. The summed E-state index contributed by atoms with van der Waals surface area (Å²) in [7, 11) is 0. The van der Waals surface area contributed by atoms with Crippen molar-refractivity contribution in [3.8, 4) is 5.75 Å². The van der Waals surface area contributed by atoms with Crippen molar-refractivity contribution in [2.75, 3.05) is 5.32 Å². The molecule has 5 heteroatoms. The third-order valence-electron chi connectivity index (χ3n) is 3.55. The maximum Gasteiger partial charge on any atom is 0.259 e. The third-order valence-corrected chi connectivity index (χ3v) is 3.55. The Balaban J connectivity index is 1.77. The van der Waals surface area contributed by atoms with Gasteiger partial charge in [0.2, 0.25) is 0 Å². The summed E-state index contributed by atoms with van der Waals surface area (Å²) in [4.78, 5) is 12.4. The summed E-state index contributed by atoms with van der Waals surface area (Å²) < 4.78 is 32.7. The number of rotatable bonds is 5. The molecule has 3 nitrogen and oxygen atoms in total. The van der Waals surface area contributed by atoms with Gasteiger partial charge >= 0.3 is 0 Å². The quantitative estimate of drug-likeness (QED) is 0.725. The van der Waals surface area contributed by atoms with Crippen LogP contribution in [0.4, 0.5) is 14.5 Å². The van der Waals surface area contributed by atoms with Gasteiger partial charge in [0, 0.05) is 6.07 Å². The Kier molecular flexibility index (Phi) is 5.04. The van der Waals surface area contributed by atoms with Crippen LogP contribution in [0, 0.1) is 11.6 Å². The molecule has 0 bridgehead atoms. The van der Waals surface area contributed by atoms with E-state index in [1.54, 1.807) is 24.3 Å². The van der Waals surface area contributed by atoms with E-state index in [1.807, 2.05) is 30.3 Å². The lowest BCUT2D eigenvalue weighted by molar-refractivity contribution is 0.102. The second-order valence-corrected chi connectivity index (χ2v) is 5.35. The minimum atomic E-state index is -0.711. The molecule has 0 unspecified atom stereocenters. The van der Waals surface area contributed by atoms with Gasteiger partial charge in [-0.15, -0.1) is 0 Å². The molecule has 0 radical (unpaired) electrons. The Bertz CT molecular complexity index is 882. The van der Waals surface area contributed by atoms with Crippen LogP contribution in [0.2, 0.25) is 0 Å². The van der Waals surface area contributed by atoms with Gasteiger partial charge in [0.25, 0.3) is 5.91 Å². The number of ether oxygens (including phenoxy) is 1. The highest BCUT2D eigenvalue weighted by Crippen LogP contribution is 2.22. The van der Waals surface area contributed by atoms with Crippen molar-refractivity contribution >= 4 is 11.6 Å². The number of para-hydroxylation sites is 1. The molecule has 0 heterocycles. The van der Waals surface area contributed by atoms with Gasteiger partial charge in [-0.05, 0) is 29.8 Å². The molecule has 0 fully saturated rings. The van der Waals surface area contributed by atoms with Crippen LogP contribution in [0.1, 0.15) is 15.9 Å². The van der Waals surface area contributed by atoms with Crippen molar-refractivity contribution in [3.05, 3.63) is 95.6 Å². The van der Waals surface area contributed by atoms with Crippen molar-refractivity contribution < 1.29 is 18.3 Å². The molecule has 1 N–H and O–H groups in total. The molecule has 126 valence electrons. The fourth-order valence-corrected chi connectivity index (χ4v) is 2.30. The normalized spacial score (nSPS) is 10.3. The maximum absolute atomic E-state index is 13.7. The zero-order valence-electron chi connectivity index (χ0n) is 13.2. The number of benzene rings is 3. The highest BCUT2D eigenvalue weighted by Gasteiger charge is 2.15. The first-order chi connectivity index (χ1) is 12.1. The predicted molar refractivity (Wildman–Crippen MR) is 91.5 cm³/mol. The van der Waals surface area contributed by atoms with Crippen LogP contribution >= 0.6 is 0 Å². The summed E-state index contributed by atoms with van der Waals surface area (Å²) in [6.07, 6.45) is 0. The Morgan fingerprint density at radius 2 is 1.64 bits per heavy atom. The second-order valence-electron chi connectivity index (χ2n) is 5.35. The van der Waals surface area contributed by atoms with E-state index in [0.29, 0.717) is 12.4 Å². The number of hydrogen-bond donors (Lipinski definition) is 1. The zero-order chi connectivity index (χ0) is 17.6. The molecule has 0 atom stereocenters. The number of amides is 1. The van der Waals surface area contributed by atoms with Gasteiger partial charge in [-0.25, -0.2) is 8.78 Å². The van der Waals surface area contributed by atoms with Crippen LogP contribution in [0.3, 0.4) is 0 Å². The van der Waals surface area contributed by atoms with Gasteiger partial charge < -0.3 is 10.1 Å². The summed E-state index contributed by atoms with van der Waals surface area (Å²) in [5.41, 5.74) is 0.971. The van der Waals surface area contributed by atoms with Gasteiger partial charge in [0.05, 0.1) is 11.3 Å². The van der Waals surface area contributed by atoms with E-state index < -0.39 is 17.5 Å². The summed E-state index contributed by atoms with van der Waals surface area (Å²) in [6.45, 7) is 0.291. The largest absolute Gasteiger partial charge is 0.488 e. The van der Waals surface area contributed by atoms with Crippen LogP contribution < -0.4 is 10.1 Å². The van der Waals surface area contributed by atoms with Crippen LogP contribution in [-0.4, -0.2) is 5.91 Å². The first-order valence-corrected chi connectivity index (χ1v) is 7.65. The van der Waals surface area contributed by atoms with Gasteiger partial charge in [0.15, 0.2) is 0 Å². The van der Waals surface area contributed by atoms with Crippen LogP contribution in [0.25, 0.3) is 0 Å². The number of halogens is 2. The molecule has 25 heavy (non-hydrogen) atoms. The zero-order valence-corrected chi connectivity index (χ0v) is 13.2. The maximum atomic E-state index is 13.7. The molecular weight excluding hydrogens is 324 g/mol. The van der Waals surface area contributed by atoms with E-state index in [2.05, 4.69) is 5.32 Å². The van der Waals surface area contributed by atoms with E-state index in [9.17, 15) is 13.6 Å². The molecule has 3 aromatic rings. The van der Waals surface area contributed by atoms with E-state index in [4.69, 9.17) is 4.74 Å². The predicted octanol–water partition coefficient (Wildman–Crippen LogP) is 4.80. The second kappa shape index (κ2) is 7.57. The molecule has 3 rings (SSSR count). The van der Waals surface area contributed by atoms with Crippen molar-refractivity contribution in [2.45, 2.75) is 6.61 Å². The van der Waals surface area contributed by atoms with E-state index in [-0.39, 0.29) is 11.3 Å². The molecular formula is C20H15F2NO2. The lowest BCUT2D eigenvalue weighted by atomic mass is 10.1. The van der Waals surface area contributed by atoms with Gasteiger partial charge in [0.1, 0.15) is 24.0 Å². The van der Waals surface area contributed by atoms with Crippen LogP contribution in [-0.2, 0) is 6.61 Å². The topological polar surface area (TPSA) is 38.3 Å². The van der Waals surface area contributed by atoms with Crippen molar-refractivity contribution in [3.63, 3.8) is 0 Å². The SMILES string of the molecule is O=C(Nc1cc(F)ccc1F)c1ccccc1OCc1ccccc1. The number of carbonyl (C=O) groups is 1. The molecule has 0 spiro atoms. The average molecular weight is 339 g/mol. The monoisotopic (exact) mass is 339 g/mol. The molecule has 0 aromatic heterocycles. The summed E-state index contributed by atoms with van der Waals surface area (Å²) in [5.74, 6) is -1.56. The Morgan fingerprint density at radius 3 is 2.44 bits per heavy atom. The van der Waals surface area contributed by atoms with Crippen LogP contribution in [0.15, 0.2) is 72.8 Å². The molecule has 1 amide bonds. The minimum absolute atomic E-state index is 0.220. The first kappa shape index (κ1) is 16.6. The lowest BCUT2D eigenvalue weighted by Gasteiger charge is -2.12. The highest BCUT2D eigenvalue weighted by atomic mass is 19.1. The summed E-state index contributed by atoms with van der Waals surface area (Å²) in [6, 6.07) is 19.0. The van der Waals surface area contributed by atoms with Gasteiger partial charge in [-0.1, -0.05) is 42.5 Å². The fraction of sp³-hybridized carbons (Fsp3) is 0.0500. The Morgan fingerprint density at radius 1 is 0.920 bits per heavy atom. The van der Waals surface area contributed by atoms with E-state index in [1.165, 1.54) is 0 Å². The van der Waals surface area contributed by atoms with Crippen LogP contribution in [0.5, 0.6) is 5.75 Å². The summed E-state index contributed by atoms with van der Waals surface area (Å²) in [5, 5.41) is 2.37. The van der Waals surface area contributed by atoms with Crippen molar-refractivity contribution in [2.24, 2.45) is 0 Å². The number of hydrogen-bond acceptors (Lipinski definition) is 2. The Labute approximate surface area is 143 Å². The number of anilines is 1. The summed E-state index contributed by atoms with van der Waals surface area (Å²) >= 11 is 0. The first-order valence-electron chi connectivity index (χ1n) is 7.65. The standard InChI is InChI=1S/C20H15F2NO2/c21-15-10-11-17(22)18(12-15)23-20(24)16-8-4-5-9-19(16)25-13-14-6-2-1-3-7-14/h1-12H,13H2,(H,23,24). The molecule has 0 aliphatic carbocycles. The average Bonchev–Trinajstić information content (AvgIpc) is 2.64. The molecule has 0 aliphatic heterocycles. The Hall–Kier alpha value is -3.21. The van der Waals surface area contributed by atoms with Gasteiger partial charge in [-0.2, -0.15) is 0 Å². The molecule has 0 saturated heterocycles. The molecule has 3 aromatic carbocycles. The van der Waals surface area contributed by atoms with E-state index >= 15 is 0 Å². The molecule has 0 aliphatic rings. The lowest BCUT2D eigenvalue weighted by Crippen LogP contribution is -2.14. The smallest absolute Gasteiger partial charge is 0.259 e.